The molecule has 0 heterocycles. The SMILES string of the molecule is Cc1ccc(N=C=O)cc1Cc1ccccc1N=C=O. The predicted molar refractivity (Wildman–Crippen MR) is 76.0 cm³/mol. The van der Waals surface area contributed by atoms with E-state index in [9.17, 15) is 9.59 Å². The first-order chi connectivity index (χ1) is 9.74. The quantitative estimate of drug-likeness (QED) is 0.626. The molecule has 0 atom stereocenters. The molecule has 4 nitrogen and oxygen atoms in total. The second-order valence-electron chi connectivity index (χ2n) is 4.32. The third-order valence-electron chi connectivity index (χ3n) is 3.05. The molecule has 0 aromatic heterocycles. The summed E-state index contributed by atoms with van der Waals surface area (Å²) in [4.78, 5) is 28.1. The van der Waals surface area contributed by atoms with Crippen molar-refractivity contribution in [2.45, 2.75) is 13.3 Å². The molecule has 4 heteroatoms. The van der Waals surface area contributed by atoms with Gasteiger partial charge in [-0.2, -0.15) is 9.98 Å². The maximum absolute atomic E-state index is 10.4. The van der Waals surface area contributed by atoms with Crippen molar-refractivity contribution in [1.29, 1.82) is 0 Å². The van der Waals surface area contributed by atoms with Gasteiger partial charge in [0.15, 0.2) is 0 Å². The van der Waals surface area contributed by atoms with E-state index < -0.39 is 0 Å². The number of aliphatic imine (C=N–C) groups is 2. The largest absolute Gasteiger partial charge is 0.240 e. The molecule has 0 unspecified atom stereocenters. The van der Waals surface area contributed by atoms with E-state index in [1.165, 1.54) is 6.08 Å². The number of rotatable bonds is 4. The van der Waals surface area contributed by atoms with E-state index in [1.54, 1.807) is 18.2 Å². The zero-order chi connectivity index (χ0) is 14.4. The van der Waals surface area contributed by atoms with Crippen LogP contribution in [0.4, 0.5) is 11.4 Å². The molecule has 2 aromatic rings. The highest BCUT2D eigenvalue weighted by Crippen LogP contribution is 2.25. The highest BCUT2D eigenvalue weighted by atomic mass is 16.1. The van der Waals surface area contributed by atoms with Gasteiger partial charge in [0.05, 0.1) is 11.4 Å². The van der Waals surface area contributed by atoms with Crippen molar-refractivity contribution in [1.82, 2.24) is 0 Å². The normalized spacial score (nSPS) is 9.45. The summed E-state index contributed by atoms with van der Waals surface area (Å²) in [5.74, 6) is 0. The number of carbonyl (C=O) groups excluding carboxylic acids is 2. The highest BCUT2D eigenvalue weighted by molar-refractivity contribution is 5.57. The molecule has 2 aromatic carbocycles. The summed E-state index contributed by atoms with van der Waals surface area (Å²) in [5.41, 5.74) is 4.20. The lowest BCUT2D eigenvalue weighted by Gasteiger charge is -2.08. The van der Waals surface area contributed by atoms with E-state index in [1.807, 2.05) is 37.3 Å². The topological polar surface area (TPSA) is 58.9 Å². The number of aryl methyl sites for hydroxylation is 1. The fraction of sp³-hybridized carbons (Fsp3) is 0.125. The van der Waals surface area contributed by atoms with Crippen LogP contribution in [0.3, 0.4) is 0 Å². The summed E-state index contributed by atoms with van der Waals surface area (Å²) in [6, 6.07) is 12.9. The molecule has 0 spiro atoms. The van der Waals surface area contributed by atoms with Gasteiger partial charge in [-0.05, 0) is 48.2 Å². The molecule has 20 heavy (non-hydrogen) atoms. The fourth-order valence-electron chi connectivity index (χ4n) is 1.99. The fourth-order valence-corrected chi connectivity index (χ4v) is 1.99. The molecule has 2 rings (SSSR count). The molecule has 98 valence electrons. The standard InChI is InChI=1S/C16H12N2O2/c1-12-6-7-15(17-10-19)9-14(12)8-13-4-2-3-5-16(13)18-11-20/h2-7,9H,8H2,1H3. The maximum atomic E-state index is 10.4. The molecule has 0 amide bonds. The van der Waals surface area contributed by atoms with E-state index in [0.29, 0.717) is 17.8 Å². The van der Waals surface area contributed by atoms with Crippen LogP contribution in [0.5, 0.6) is 0 Å². The van der Waals surface area contributed by atoms with Gasteiger partial charge in [0.25, 0.3) is 0 Å². The molecule has 0 bridgehead atoms. The lowest BCUT2D eigenvalue weighted by Crippen LogP contribution is -1.92. The molecular formula is C16H12N2O2. The minimum atomic E-state index is 0.567. The van der Waals surface area contributed by atoms with Crippen LogP contribution in [0.25, 0.3) is 0 Å². The summed E-state index contributed by atoms with van der Waals surface area (Å²) in [6.45, 7) is 1.98. The molecule has 0 aliphatic carbocycles. The monoisotopic (exact) mass is 264 g/mol. The predicted octanol–water partition coefficient (Wildman–Crippen LogP) is 3.52. The summed E-state index contributed by atoms with van der Waals surface area (Å²) >= 11 is 0. The van der Waals surface area contributed by atoms with E-state index in [0.717, 1.165) is 16.7 Å². The van der Waals surface area contributed by atoms with E-state index >= 15 is 0 Å². The Morgan fingerprint density at radius 3 is 2.45 bits per heavy atom. The van der Waals surface area contributed by atoms with Gasteiger partial charge in [-0.1, -0.05) is 24.3 Å². The van der Waals surface area contributed by atoms with E-state index in [4.69, 9.17) is 0 Å². The summed E-state index contributed by atoms with van der Waals surface area (Å²) in [6.07, 6.45) is 3.70. The van der Waals surface area contributed by atoms with Gasteiger partial charge in [-0.15, -0.1) is 0 Å². The summed E-state index contributed by atoms with van der Waals surface area (Å²) < 4.78 is 0. The lowest BCUT2D eigenvalue weighted by molar-refractivity contribution is 0.564. The average molecular weight is 264 g/mol. The zero-order valence-corrected chi connectivity index (χ0v) is 11.0. The van der Waals surface area contributed by atoms with Crippen LogP contribution in [0.2, 0.25) is 0 Å². The number of nitrogens with zero attached hydrogens (tertiary/aromatic N) is 2. The second-order valence-corrected chi connectivity index (χ2v) is 4.32. The van der Waals surface area contributed by atoms with Crippen molar-refractivity contribution in [2.75, 3.05) is 0 Å². The molecule has 0 aliphatic rings. The van der Waals surface area contributed by atoms with Crippen LogP contribution in [0.15, 0.2) is 52.4 Å². The smallest absolute Gasteiger partial charge is 0.211 e. The minimum Gasteiger partial charge on any atom is -0.211 e. The number of benzene rings is 2. The van der Waals surface area contributed by atoms with Crippen LogP contribution in [-0.4, -0.2) is 12.2 Å². The van der Waals surface area contributed by atoms with Gasteiger partial charge in [0.2, 0.25) is 12.2 Å². The molecular weight excluding hydrogens is 252 g/mol. The average Bonchev–Trinajstić information content (AvgIpc) is 2.45. The Balaban J connectivity index is 2.41. The first kappa shape index (κ1) is 13.6. The second kappa shape index (κ2) is 6.39. The number of hydrogen-bond donors (Lipinski definition) is 0. The summed E-state index contributed by atoms with van der Waals surface area (Å²) in [5, 5.41) is 0. The maximum Gasteiger partial charge on any atom is 0.240 e. The first-order valence-electron chi connectivity index (χ1n) is 6.08. The van der Waals surface area contributed by atoms with Crippen LogP contribution in [-0.2, 0) is 16.0 Å². The number of para-hydroxylation sites is 1. The van der Waals surface area contributed by atoms with Crippen LogP contribution in [0, 0.1) is 6.92 Å². The Hall–Kier alpha value is -2.80. The Kier molecular flexibility index (Phi) is 4.35. The Labute approximate surface area is 116 Å². The van der Waals surface area contributed by atoms with Crippen LogP contribution in [0.1, 0.15) is 16.7 Å². The molecule has 0 radical (unpaired) electrons. The summed E-state index contributed by atoms with van der Waals surface area (Å²) in [7, 11) is 0. The van der Waals surface area contributed by atoms with Crippen molar-refractivity contribution in [3.8, 4) is 0 Å². The Bertz CT molecular complexity index is 725. The minimum absolute atomic E-state index is 0.567. The molecule has 0 saturated carbocycles. The van der Waals surface area contributed by atoms with Gasteiger partial charge in [-0.3, -0.25) is 0 Å². The third-order valence-corrected chi connectivity index (χ3v) is 3.05. The molecule has 0 saturated heterocycles. The Morgan fingerprint density at radius 2 is 1.70 bits per heavy atom. The van der Waals surface area contributed by atoms with Gasteiger partial charge >= 0.3 is 0 Å². The number of isocyanates is 2. The van der Waals surface area contributed by atoms with Gasteiger partial charge in [-0.25, -0.2) is 9.59 Å². The van der Waals surface area contributed by atoms with Crippen molar-refractivity contribution in [3.05, 3.63) is 59.2 Å². The molecule has 0 N–H and O–H groups in total. The Morgan fingerprint density at radius 1 is 0.950 bits per heavy atom. The molecule has 0 fully saturated rings. The van der Waals surface area contributed by atoms with Gasteiger partial charge in [0.1, 0.15) is 0 Å². The zero-order valence-electron chi connectivity index (χ0n) is 11.0. The van der Waals surface area contributed by atoms with Crippen molar-refractivity contribution < 1.29 is 9.59 Å². The first-order valence-corrected chi connectivity index (χ1v) is 6.08. The highest BCUT2D eigenvalue weighted by Gasteiger charge is 2.05. The lowest BCUT2D eigenvalue weighted by atomic mass is 9.99. The van der Waals surface area contributed by atoms with E-state index in [-0.39, 0.29) is 0 Å². The van der Waals surface area contributed by atoms with Crippen LogP contribution < -0.4 is 0 Å². The van der Waals surface area contributed by atoms with Crippen molar-refractivity contribution in [3.63, 3.8) is 0 Å². The van der Waals surface area contributed by atoms with Crippen LogP contribution >= 0.6 is 0 Å². The van der Waals surface area contributed by atoms with Gasteiger partial charge in [0, 0.05) is 0 Å². The van der Waals surface area contributed by atoms with Crippen molar-refractivity contribution >= 4 is 23.5 Å². The third kappa shape index (κ3) is 3.15. The van der Waals surface area contributed by atoms with E-state index in [2.05, 4.69) is 9.98 Å². The molecule has 0 aliphatic heterocycles. The number of hydrogen-bond acceptors (Lipinski definition) is 4. The van der Waals surface area contributed by atoms with Crippen molar-refractivity contribution in [2.24, 2.45) is 9.98 Å². The van der Waals surface area contributed by atoms with Gasteiger partial charge < -0.3 is 0 Å².